The summed E-state index contributed by atoms with van der Waals surface area (Å²) < 4.78 is 6.60. The molecule has 0 aromatic heterocycles. The summed E-state index contributed by atoms with van der Waals surface area (Å²) in [6, 6.07) is 8.68. The molecule has 0 spiro atoms. The highest BCUT2D eigenvalue weighted by Crippen LogP contribution is 2.45. The van der Waals surface area contributed by atoms with Crippen molar-refractivity contribution in [3.05, 3.63) is 42.5 Å². The summed E-state index contributed by atoms with van der Waals surface area (Å²) in [7, 11) is -1.89. The van der Waals surface area contributed by atoms with Gasteiger partial charge in [-0.05, 0) is 48.5 Å². The minimum Gasteiger partial charge on any atom is -0.411 e. The van der Waals surface area contributed by atoms with Crippen molar-refractivity contribution >= 4 is 25.9 Å². The molecule has 3 amide bonds. The Hall–Kier alpha value is -1.92. The van der Waals surface area contributed by atoms with E-state index in [9.17, 15) is 9.59 Å². The Kier molecular flexibility index (Phi) is 4.54. The lowest BCUT2D eigenvalue weighted by molar-refractivity contribution is -0.120. The highest BCUT2D eigenvalue weighted by atomic mass is 28.4. The Morgan fingerprint density at radius 1 is 1.07 bits per heavy atom. The first kappa shape index (κ1) is 19.4. The van der Waals surface area contributed by atoms with Crippen LogP contribution < -0.4 is 4.90 Å². The van der Waals surface area contributed by atoms with Gasteiger partial charge in [0.15, 0.2) is 8.32 Å². The third kappa shape index (κ3) is 3.03. The van der Waals surface area contributed by atoms with Gasteiger partial charge in [-0.1, -0.05) is 51.1 Å². The summed E-state index contributed by atoms with van der Waals surface area (Å²) in [5.74, 6) is 0.282. The zero-order valence-corrected chi connectivity index (χ0v) is 18.4. The van der Waals surface area contributed by atoms with E-state index >= 15 is 0 Å². The predicted octanol–water partition coefficient (Wildman–Crippen LogP) is 4.42. The van der Waals surface area contributed by atoms with Crippen molar-refractivity contribution in [3.8, 4) is 0 Å². The van der Waals surface area contributed by atoms with Gasteiger partial charge in [0, 0.05) is 6.54 Å². The zero-order chi connectivity index (χ0) is 20.3. The fourth-order valence-electron chi connectivity index (χ4n) is 4.39. The Morgan fingerprint density at radius 2 is 1.75 bits per heavy atom. The number of carbonyl (C=O) groups excluding carboxylic acids is 2. The number of fused-ring (bicyclic) bond motifs is 3. The van der Waals surface area contributed by atoms with Gasteiger partial charge in [0.1, 0.15) is 6.04 Å². The number of carbonyl (C=O) groups is 2. The molecule has 0 N–H and O–H groups in total. The van der Waals surface area contributed by atoms with Crippen molar-refractivity contribution in [2.24, 2.45) is 11.8 Å². The molecule has 1 aliphatic carbocycles. The predicted molar refractivity (Wildman–Crippen MR) is 113 cm³/mol. The van der Waals surface area contributed by atoms with Crippen LogP contribution in [0.3, 0.4) is 0 Å². The molecule has 4 atom stereocenters. The van der Waals surface area contributed by atoms with Crippen LogP contribution in [-0.4, -0.2) is 43.8 Å². The highest BCUT2D eigenvalue weighted by Gasteiger charge is 2.57. The van der Waals surface area contributed by atoms with Crippen LogP contribution in [0.1, 0.15) is 27.2 Å². The molecule has 6 heteroatoms. The minimum absolute atomic E-state index is 0.0239. The first-order chi connectivity index (χ1) is 13.1. The van der Waals surface area contributed by atoms with Crippen LogP contribution in [0, 0.1) is 11.8 Å². The fourth-order valence-corrected chi connectivity index (χ4v) is 5.67. The smallest absolute Gasteiger partial charge is 0.332 e. The van der Waals surface area contributed by atoms with E-state index in [2.05, 4.69) is 46.0 Å². The molecule has 0 unspecified atom stereocenters. The number of para-hydroxylation sites is 1. The van der Waals surface area contributed by atoms with Crippen molar-refractivity contribution in [2.75, 3.05) is 11.4 Å². The molecular formula is C22H30N2O3Si. The highest BCUT2D eigenvalue weighted by molar-refractivity contribution is 6.74. The Bertz CT molecular complexity index is 815. The maximum Gasteiger partial charge on any atom is 0.332 e. The van der Waals surface area contributed by atoms with Gasteiger partial charge in [0.05, 0.1) is 11.8 Å². The average Bonchev–Trinajstić information content (AvgIpc) is 3.10. The number of urea groups is 1. The molecule has 4 rings (SSSR count). The van der Waals surface area contributed by atoms with Crippen LogP contribution in [0.25, 0.3) is 0 Å². The molecule has 1 aromatic rings. The van der Waals surface area contributed by atoms with Crippen LogP contribution in [0.4, 0.5) is 10.5 Å². The molecule has 5 nitrogen and oxygen atoms in total. The van der Waals surface area contributed by atoms with Crippen LogP contribution in [0.5, 0.6) is 0 Å². The van der Waals surface area contributed by atoms with Gasteiger partial charge in [-0.2, -0.15) is 0 Å². The lowest BCUT2D eigenvalue weighted by atomic mass is 9.81. The molecule has 2 heterocycles. The largest absolute Gasteiger partial charge is 0.411 e. The first-order valence-corrected chi connectivity index (χ1v) is 13.1. The standard InChI is InChI=1S/C22H30N2O3Si/c1-22(2,3)28(4,5)27-17-12-11-15-14-23-19(18(15)13-17)20(25)24(21(23)26)16-9-7-6-8-10-16/h6-12,15,17-19H,13-14H2,1-5H3/t15-,17+,18-,19-/m1/s1. The number of anilines is 1. The quantitative estimate of drug-likeness (QED) is 0.430. The third-order valence-electron chi connectivity index (χ3n) is 6.95. The second-order valence-corrected chi connectivity index (χ2v) is 14.5. The van der Waals surface area contributed by atoms with E-state index in [0.717, 1.165) is 6.42 Å². The minimum atomic E-state index is -1.89. The summed E-state index contributed by atoms with van der Waals surface area (Å²) in [5.41, 5.74) is 0.656. The molecule has 2 saturated heterocycles. The summed E-state index contributed by atoms with van der Waals surface area (Å²) in [4.78, 5) is 29.3. The lowest BCUT2D eigenvalue weighted by Crippen LogP contribution is -2.46. The van der Waals surface area contributed by atoms with Gasteiger partial charge in [0.2, 0.25) is 0 Å². The van der Waals surface area contributed by atoms with Gasteiger partial charge in [-0.25, -0.2) is 9.69 Å². The van der Waals surface area contributed by atoms with E-state index < -0.39 is 8.32 Å². The summed E-state index contributed by atoms with van der Waals surface area (Å²) in [5, 5.41) is 0.142. The van der Waals surface area contributed by atoms with E-state index in [4.69, 9.17) is 4.43 Å². The number of benzene rings is 1. The lowest BCUT2D eigenvalue weighted by Gasteiger charge is -2.40. The summed E-state index contributed by atoms with van der Waals surface area (Å²) in [6.07, 6.45) is 5.16. The summed E-state index contributed by atoms with van der Waals surface area (Å²) in [6.45, 7) is 11.9. The number of hydrogen-bond acceptors (Lipinski definition) is 3. The first-order valence-electron chi connectivity index (χ1n) is 10.2. The molecular weight excluding hydrogens is 368 g/mol. The van der Waals surface area contributed by atoms with E-state index in [0.29, 0.717) is 12.2 Å². The van der Waals surface area contributed by atoms with E-state index in [1.165, 1.54) is 4.90 Å². The monoisotopic (exact) mass is 398 g/mol. The number of rotatable bonds is 3. The Balaban J connectivity index is 1.55. The second kappa shape index (κ2) is 6.56. The normalized spacial score (nSPS) is 30.0. The van der Waals surface area contributed by atoms with Crippen LogP contribution in [0.15, 0.2) is 42.5 Å². The van der Waals surface area contributed by atoms with Crippen molar-refractivity contribution in [3.63, 3.8) is 0 Å². The van der Waals surface area contributed by atoms with Gasteiger partial charge in [-0.15, -0.1) is 0 Å². The van der Waals surface area contributed by atoms with Gasteiger partial charge >= 0.3 is 6.03 Å². The maximum atomic E-state index is 13.2. The molecule has 0 bridgehead atoms. The zero-order valence-electron chi connectivity index (χ0n) is 17.4. The van der Waals surface area contributed by atoms with Crippen LogP contribution in [0.2, 0.25) is 18.1 Å². The van der Waals surface area contributed by atoms with E-state index in [-0.39, 0.29) is 41.0 Å². The molecule has 3 aliphatic rings. The Morgan fingerprint density at radius 3 is 2.39 bits per heavy atom. The van der Waals surface area contributed by atoms with Gasteiger partial charge in [-0.3, -0.25) is 4.79 Å². The molecule has 2 fully saturated rings. The number of amides is 3. The fraction of sp³-hybridized carbons (Fsp3) is 0.545. The number of nitrogens with zero attached hydrogens (tertiary/aromatic N) is 2. The van der Waals surface area contributed by atoms with E-state index in [1.807, 2.05) is 30.3 Å². The molecule has 28 heavy (non-hydrogen) atoms. The molecule has 0 saturated carbocycles. The molecule has 0 radical (unpaired) electrons. The molecule has 1 aromatic carbocycles. The van der Waals surface area contributed by atoms with Gasteiger partial charge in [0.25, 0.3) is 5.91 Å². The van der Waals surface area contributed by atoms with Crippen molar-refractivity contribution in [2.45, 2.75) is 57.5 Å². The average molecular weight is 399 g/mol. The van der Waals surface area contributed by atoms with Crippen molar-refractivity contribution in [1.29, 1.82) is 0 Å². The van der Waals surface area contributed by atoms with Gasteiger partial charge < -0.3 is 9.33 Å². The second-order valence-electron chi connectivity index (χ2n) is 9.75. The maximum absolute atomic E-state index is 13.2. The Labute approximate surface area is 168 Å². The molecule has 2 aliphatic heterocycles. The van der Waals surface area contributed by atoms with Crippen molar-refractivity contribution in [1.82, 2.24) is 4.90 Å². The summed E-state index contributed by atoms with van der Waals surface area (Å²) >= 11 is 0. The molecule has 150 valence electrons. The van der Waals surface area contributed by atoms with Crippen LogP contribution in [-0.2, 0) is 9.22 Å². The van der Waals surface area contributed by atoms with Crippen molar-refractivity contribution < 1.29 is 14.0 Å². The van der Waals surface area contributed by atoms with Crippen LogP contribution >= 0.6 is 0 Å². The van der Waals surface area contributed by atoms with E-state index in [1.54, 1.807) is 4.90 Å². The number of imide groups is 1. The SMILES string of the molecule is CC(C)(C)[Si](C)(C)O[C@H]1C=C[C@@H]2CN3C(=O)N(c4ccccc4)C(=O)[C@H]3[C@@H]2C1. The number of hydrogen-bond donors (Lipinski definition) is 0. The third-order valence-corrected chi connectivity index (χ3v) is 11.5. The topological polar surface area (TPSA) is 49.9 Å².